The second kappa shape index (κ2) is 7.56. The Hall–Kier alpha value is -2.88. The van der Waals surface area contributed by atoms with Gasteiger partial charge in [-0.15, -0.1) is 11.3 Å². The number of hydrogen-bond donors (Lipinski definition) is 2. The Kier molecular flexibility index (Phi) is 4.82. The van der Waals surface area contributed by atoms with Gasteiger partial charge in [0.2, 0.25) is 5.82 Å². The predicted octanol–water partition coefficient (Wildman–Crippen LogP) is 2.15. The molecule has 3 aromatic rings. The second-order valence-corrected chi connectivity index (χ2v) is 6.86. The molecule has 0 saturated carbocycles. The monoisotopic (exact) mass is 370 g/mol. The molecule has 0 aliphatic carbocycles. The number of nitrogens with zero attached hydrogens (tertiary/aromatic N) is 6. The molecule has 3 aromatic heterocycles. The van der Waals surface area contributed by atoms with Gasteiger partial charge in [-0.1, -0.05) is 0 Å². The normalized spacial score (nSPS) is 17.2. The van der Waals surface area contributed by atoms with E-state index in [9.17, 15) is 4.79 Å². The highest BCUT2D eigenvalue weighted by Gasteiger charge is 2.29. The summed E-state index contributed by atoms with van der Waals surface area (Å²) in [5.74, 6) is 1.03. The second-order valence-electron chi connectivity index (χ2n) is 5.93. The van der Waals surface area contributed by atoms with Crippen LogP contribution in [-0.4, -0.2) is 47.6 Å². The number of thiazole rings is 1. The molecule has 134 valence electrons. The van der Waals surface area contributed by atoms with Crippen molar-refractivity contribution >= 4 is 17.4 Å². The molecule has 0 bridgehead atoms. The molecule has 1 unspecified atom stereocenters. The Morgan fingerprint density at radius 1 is 1.31 bits per heavy atom. The van der Waals surface area contributed by atoms with Crippen molar-refractivity contribution in [2.24, 2.45) is 0 Å². The van der Waals surface area contributed by atoms with Crippen LogP contribution < -0.4 is 5.32 Å². The van der Waals surface area contributed by atoms with Crippen molar-refractivity contribution in [2.75, 3.05) is 6.54 Å². The van der Waals surface area contributed by atoms with Gasteiger partial charge in [0.15, 0.2) is 0 Å². The summed E-state index contributed by atoms with van der Waals surface area (Å²) in [6.45, 7) is 1.00. The van der Waals surface area contributed by atoms with Gasteiger partial charge in [0, 0.05) is 30.5 Å². The van der Waals surface area contributed by atoms with Gasteiger partial charge in [-0.05, 0) is 19.3 Å². The SMILES string of the molecule is O=C(NCc1nc(-c2cnccn2)n[nH]1)N1CCCCC1c1nccs1. The summed E-state index contributed by atoms with van der Waals surface area (Å²) in [4.78, 5) is 31.4. The Balaban J connectivity index is 1.40. The summed E-state index contributed by atoms with van der Waals surface area (Å²) >= 11 is 1.59. The molecule has 4 heterocycles. The van der Waals surface area contributed by atoms with E-state index in [4.69, 9.17) is 0 Å². The van der Waals surface area contributed by atoms with Crippen molar-refractivity contribution in [1.82, 2.24) is 40.3 Å². The predicted molar refractivity (Wildman–Crippen MR) is 95.1 cm³/mol. The summed E-state index contributed by atoms with van der Waals surface area (Å²) in [5, 5.41) is 12.8. The van der Waals surface area contributed by atoms with Crippen molar-refractivity contribution in [2.45, 2.75) is 31.8 Å². The van der Waals surface area contributed by atoms with E-state index in [1.165, 1.54) is 0 Å². The molecule has 0 aromatic carbocycles. The fourth-order valence-electron chi connectivity index (χ4n) is 2.99. The molecule has 9 nitrogen and oxygen atoms in total. The average Bonchev–Trinajstić information content (AvgIpc) is 3.39. The molecular formula is C16H18N8OS. The number of aromatic nitrogens is 6. The minimum absolute atomic E-state index is 0.0497. The van der Waals surface area contributed by atoms with E-state index in [2.05, 4.69) is 35.5 Å². The van der Waals surface area contributed by atoms with E-state index in [1.807, 2.05) is 10.3 Å². The molecule has 0 spiro atoms. The van der Waals surface area contributed by atoms with E-state index < -0.39 is 0 Å². The molecule has 2 N–H and O–H groups in total. The first-order valence-corrected chi connectivity index (χ1v) is 9.31. The first-order chi connectivity index (χ1) is 12.8. The number of hydrogen-bond acceptors (Lipinski definition) is 7. The number of carbonyl (C=O) groups is 1. The summed E-state index contributed by atoms with van der Waals surface area (Å²) < 4.78 is 0. The van der Waals surface area contributed by atoms with Crippen LogP contribution in [0.3, 0.4) is 0 Å². The maximum atomic E-state index is 12.7. The Labute approximate surface area is 153 Å². The first kappa shape index (κ1) is 16.6. The van der Waals surface area contributed by atoms with Gasteiger partial charge in [-0.25, -0.2) is 19.7 Å². The van der Waals surface area contributed by atoms with Gasteiger partial charge in [-0.3, -0.25) is 10.1 Å². The summed E-state index contributed by atoms with van der Waals surface area (Å²) in [6.07, 6.45) is 9.62. The lowest BCUT2D eigenvalue weighted by atomic mass is 10.0. The zero-order valence-corrected chi connectivity index (χ0v) is 14.8. The number of amides is 2. The van der Waals surface area contributed by atoms with Crippen LogP contribution in [0.4, 0.5) is 4.79 Å². The third-order valence-electron chi connectivity index (χ3n) is 4.23. The van der Waals surface area contributed by atoms with Crippen LogP contribution in [0, 0.1) is 0 Å². The number of urea groups is 1. The minimum atomic E-state index is -0.109. The van der Waals surface area contributed by atoms with Crippen LogP contribution in [-0.2, 0) is 6.54 Å². The van der Waals surface area contributed by atoms with Crippen LogP contribution >= 0.6 is 11.3 Å². The number of aromatic amines is 1. The lowest BCUT2D eigenvalue weighted by Gasteiger charge is -2.34. The molecule has 26 heavy (non-hydrogen) atoms. The molecule has 1 aliphatic heterocycles. The smallest absolute Gasteiger partial charge is 0.318 e. The maximum absolute atomic E-state index is 12.7. The highest BCUT2D eigenvalue weighted by Crippen LogP contribution is 2.31. The fourth-order valence-corrected chi connectivity index (χ4v) is 3.78. The molecule has 10 heteroatoms. The van der Waals surface area contributed by atoms with Crippen LogP contribution in [0.5, 0.6) is 0 Å². The summed E-state index contributed by atoms with van der Waals surface area (Å²) in [7, 11) is 0. The molecule has 0 radical (unpaired) electrons. The fraction of sp³-hybridized carbons (Fsp3) is 0.375. The third-order valence-corrected chi connectivity index (χ3v) is 5.11. The quantitative estimate of drug-likeness (QED) is 0.728. The zero-order chi connectivity index (χ0) is 17.8. The number of likely N-dealkylation sites (tertiary alicyclic amines) is 1. The number of rotatable bonds is 4. The third kappa shape index (κ3) is 3.54. The Bertz CT molecular complexity index is 850. The van der Waals surface area contributed by atoms with Crippen LogP contribution in [0.25, 0.3) is 11.5 Å². The molecule has 1 atom stereocenters. The zero-order valence-electron chi connectivity index (χ0n) is 14.0. The summed E-state index contributed by atoms with van der Waals surface area (Å²) in [6, 6.07) is -0.0593. The van der Waals surface area contributed by atoms with Crippen molar-refractivity contribution in [3.63, 3.8) is 0 Å². The van der Waals surface area contributed by atoms with Gasteiger partial charge < -0.3 is 10.2 Å². The highest BCUT2D eigenvalue weighted by atomic mass is 32.1. The average molecular weight is 370 g/mol. The molecular weight excluding hydrogens is 352 g/mol. The number of piperidine rings is 1. The van der Waals surface area contributed by atoms with Crippen LogP contribution in [0.1, 0.15) is 36.1 Å². The number of H-pyrrole nitrogens is 1. The summed E-state index contributed by atoms with van der Waals surface area (Å²) in [5.41, 5.74) is 0.584. The van der Waals surface area contributed by atoms with E-state index in [-0.39, 0.29) is 18.6 Å². The van der Waals surface area contributed by atoms with Gasteiger partial charge in [0.25, 0.3) is 0 Å². The van der Waals surface area contributed by atoms with Gasteiger partial charge in [-0.2, -0.15) is 5.10 Å². The van der Waals surface area contributed by atoms with E-state index >= 15 is 0 Å². The van der Waals surface area contributed by atoms with E-state index in [0.717, 1.165) is 30.8 Å². The first-order valence-electron chi connectivity index (χ1n) is 8.43. The Morgan fingerprint density at radius 2 is 2.27 bits per heavy atom. The highest BCUT2D eigenvalue weighted by molar-refractivity contribution is 7.09. The number of carbonyl (C=O) groups excluding carboxylic acids is 1. The topological polar surface area (TPSA) is 113 Å². The van der Waals surface area contributed by atoms with Gasteiger partial charge >= 0.3 is 6.03 Å². The van der Waals surface area contributed by atoms with E-state index in [0.29, 0.717) is 17.3 Å². The standard InChI is InChI=1S/C16H18N8OS/c25-16(24-7-2-1-3-12(24)15-19-6-8-26-15)20-10-13-21-14(23-22-13)11-9-17-4-5-18-11/h4-6,8-9,12H,1-3,7,10H2,(H,20,25)(H,21,22,23). The van der Waals surface area contributed by atoms with Crippen molar-refractivity contribution < 1.29 is 4.79 Å². The van der Waals surface area contributed by atoms with Crippen LogP contribution in [0.2, 0.25) is 0 Å². The lowest BCUT2D eigenvalue weighted by Crippen LogP contribution is -2.44. The minimum Gasteiger partial charge on any atom is -0.331 e. The molecule has 1 fully saturated rings. The largest absolute Gasteiger partial charge is 0.331 e. The number of nitrogens with one attached hydrogen (secondary N) is 2. The molecule has 4 rings (SSSR count). The van der Waals surface area contributed by atoms with Gasteiger partial charge in [0.05, 0.1) is 18.8 Å². The molecule has 1 aliphatic rings. The Morgan fingerprint density at radius 3 is 3.08 bits per heavy atom. The van der Waals surface area contributed by atoms with Crippen molar-refractivity contribution in [3.05, 3.63) is 41.0 Å². The van der Waals surface area contributed by atoms with Crippen molar-refractivity contribution in [1.29, 1.82) is 0 Å². The van der Waals surface area contributed by atoms with E-state index in [1.54, 1.807) is 36.1 Å². The lowest BCUT2D eigenvalue weighted by molar-refractivity contribution is 0.151. The maximum Gasteiger partial charge on any atom is 0.318 e. The van der Waals surface area contributed by atoms with Crippen LogP contribution in [0.15, 0.2) is 30.2 Å². The molecule has 2 amide bonds. The van der Waals surface area contributed by atoms with Gasteiger partial charge in [0.1, 0.15) is 16.5 Å². The van der Waals surface area contributed by atoms with Crippen molar-refractivity contribution in [3.8, 4) is 11.5 Å². The molecule has 1 saturated heterocycles.